The summed E-state index contributed by atoms with van der Waals surface area (Å²) in [4.78, 5) is 16.0. The Morgan fingerprint density at radius 1 is 1.17 bits per heavy atom. The second-order valence-electron chi connectivity index (χ2n) is 4.99. The summed E-state index contributed by atoms with van der Waals surface area (Å²) in [5, 5.41) is 8.83. The van der Waals surface area contributed by atoms with Crippen LogP contribution in [0.4, 0.5) is 0 Å². The number of hydrogen-bond acceptors (Lipinski definition) is 5. The summed E-state index contributed by atoms with van der Waals surface area (Å²) in [5.74, 6) is 0.835. The van der Waals surface area contributed by atoms with Crippen molar-refractivity contribution in [2.75, 3.05) is 13.1 Å². The lowest BCUT2D eigenvalue weighted by molar-refractivity contribution is 0.795. The largest absolute Gasteiger partial charge is 0.357 e. The average molecular weight is 465 g/mol. The molecule has 128 valence electrons. The molecule has 0 aliphatic carbocycles. The first-order valence-electron chi connectivity index (χ1n) is 7.45. The maximum atomic E-state index is 4.60. The molecular formula is C15H24IN5S2. The molecule has 0 amide bonds. The minimum absolute atomic E-state index is 0. The van der Waals surface area contributed by atoms with E-state index in [0.717, 1.165) is 41.2 Å². The third kappa shape index (κ3) is 6.72. The lowest BCUT2D eigenvalue weighted by Gasteiger charge is -2.10. The van der Waals surface area contributed by atoms with Crippen LogP contribution in [0.2, 0.25) is 0 Å². The first-order valence-corrected chi connectivity index (χ1v) is 9.08. The number of aliphatic imine (C=N–C) groups is 1. The number of aryl methyl sites for hydroxylation is 3. The zero-order chi connectivity index (χ0) is 15.9. The van der Waals surface area contributed by atoms with Gasteiger partial charge in [0.05, 0.1) is 17.2 Å². The van der Waals surface area contributed by atoms with E-state index in [1.54, 1.807) is 22.7 Å². The molecule has 2 aromatic heterocycles. The van der Waals surface area contributed by atoms with Gasteiger partial charge in [0.15, 0.2) is 5.96 Å². The SMILES string of the molecule is CCNC(=NCc1nc(C)c(C)s1)NCCc1ncc(C)s1.I. The highest BCUT2D eigenvalue weighted by Gasteiger charge is 2.04. The normalized spacial score (nSPS) is 11.2. The number of halogens is 1. The molecule has 0 bridgehead atoms. The summed E-state index contributed by atoms with van der Waals surface area (Å²) in [6, 6.07) is 0. The summed E-state index contributed by atoms with van der Waals surface area (Å²) < 4.78 is 0. The molecule has 0 saturated heterocycles. The second-order valence-corrected chi connectivity index (χ2v) is 7.59. The van der Waals surface area contributed by atoms with Gasteiger partial charge in [-0.05, 0) is 27.7 Å². The summed E-state index contributed by atoms with van der Waals surface area (Å²) in [5.41, 5.74) is 1.10. The van der Waals surface area contributed by atoms with Crippen molar-refractivity contribution < 1.29 is 0 Å². The first kappa shape index (κ1) is 20.3. The number of guanidine groups is 1. The molecule has 2 N–H and O–H groups in total. The van der Waals surface area contributed by atoms with Crippen LogP contribution in [-0.4, -0.2) is 29.0 Å². The Kier molecular flexibility index (Phi) is 9.00. The molecule has 0 aromatic carbocycles. The van der Waals surface area contributed by atoms with Crippen LogP contribution in [0, 0.1) is 20.8 Å². The van der Waals surface area contributed by atoms with Gasteiger partial charge in [-0.3, -0.25) is 0 Å². The number of rotatable bonds is 6. The number of nitrogens with zero attached hydrogens (tertiary/aromatic N) is 3. The molecule has 2 heterocycles. The molecule has 8 heteroatoms. The molecule has 5 nitrogen and oxygen atoms in total. The Bertz CT molecular complexity index is 616. The smallest absolute Gasteiger partial charge is 0.191 e. The molecule has 23 heavy (non-hydrogen) atoms. The van der Waals surface area contributed by atoms with Gasteiger partial charge in [0.2, 0.25) is 0 Å². The molecule has 0 saturated carbocycles. The standard InChI is InChI=1S/C15H23N5S2.HI/c1-5-16-15(17-7-6-13-18-8-10(2)21-13)19-9-14-20-11(3)12(4)22-14;/h8H,5-7,9H2,1-4H3,(H2,16,17,19);1H. The molecule has 0 unspecified atom stereocenters. The van der Waals surface area contributed by atoms with Gasteiger partial charge in [-0.25, -0.2) is 15.0 Å². The fourth-order valence-corrected chi connectivity index (χ4v) is 3.55. The van der Waals surface area contributed by atoms with E-state index in [1.165, 1.54) is 9.75 Å². The molecule has 0 aliphatic heterocycles. The fourth-order valence-electron chi connectivity index (χ4n) is 1.90. The van der Waals surface area contributed by atoms with Crippen molar-refractivity contribution in [3.8, 4) is 0 Å². The summed E-state index contributed by atoms with van der Waals surface area (Å²) in [6.45, 7) is 10.6. The highest BCUT2D eigenvalue weighted by Crippen LogP contribution is 2.17. The molecule has 0 spiro atoms. The quantitative estimate of drug-likeness (QED) is 0.390. The van der Waals surface area contributed by atoms with Crippen molar-refractivity contribution in [3.05, 3.63) is 31.7 Å². The second kappa shape index (κ2) is 10.2. The van der Waals surface area contributed by atoms with Crippen LogP contribution >= 0.6 is 46.7 Å². The Balaban J connectivity index is 0.00000264. The van der Waals surface area contributed by atoms with Gasteiger partial charge in [0.1, 0.15) is 5.01 Å². The van der Waals surface area contributed by atoms with E-state index >= 15 is 0 Å². The Hall–Kier alpha value is -0.740. The number of thiazole rings is 2. The van der Waals surface area contributed by atoms with E-state index in [9.17, 15) is 0 Å². The van der Waals surface area contributed by atoms with Gasteiger partial charge in [-0.2, -0.15) is 0 Å². The number of aromatic nitrogens is 2. The van der Waals surface area contributed by atoms with Crippen molar-refractivity contribution >= 4 is 52.6 Å². The predicted octanol–water partition coefficient (Wildman–Crippen LogP) is 3.44. The van der Waals surface area contributed by atoms with Crippen LogP contribution in [0.25, 0.3) is 0 Å². The van der Waals surface area contributed by atoms with Crippen LogP contribution in [0.1, 0.15) is 32.4 Å². The highest BCUT2D eigenvalue weighted by atomic mass is 127. The van der Waals surface area contributed by atoms with Crippen molar-refractivity contribution in [3.63, 3.8) is 0 Å². The minimum atomic E-state index is 0. The average Bonchev–Trinajstić information content (AvgIpc) is 3.03. The molecule has 0 fully saturated rings. The van der Waals surface area contributed by atoms with E-state index in [0.29, 0.717) is 6.54 Å². The van der Waals surface area contributed by atoms with Crippen LogP contribution in [0.5, 0.6) is 0 Å². The predicted molar refractivity (Wildman–Crippen MR) is 110 cm³/mol. The van der Waals surface area contributed by atoms with E-state index in [1.807, 2.05) is 13.1 Å². The first-order chi connectivity index (χ1) is 10.6. The van der Waals surface area contributed by atoms with E-state index in [2.05, 4.69) is 46.4 Å². The van der Waals surface area contributed by atoms with Crippen molar-refractivity contribution in [2.24, 2.45) is 4.99 Å². The van der Waals surface area contributed by atoms with Crippen molar-refractivity contribution in [1.29, 1.82) is 0 Å². The third-order valence-electron chi connectivity index (χ3n) is 3.09. The lowest BCUT2D eigenvalue weighted by Crippen LogP contribution is -2.38. The van der Waals surface area contributed by atoms with E-state index in [-0.39, 0.29) is 24.0 Å². The van der Waals surface area contributed by atoms with Gasteiger partial charge < -0.3 is 10.6 Å². The summed E-state index contributed by atoms with van der Waals surface area (Å²) in [7, 11) is 0. The number of nitrogens with one attached hydrogen (secondary N) is 2. The topological polar surface area (TPSA) is 62.2 Å². The number of hydrogen-bond donors (Lipinski definition) is 2. The van der Waals surface area contributed by atoms with Gasteiger partial charge >= 0.3 is 0 Å². The van der Waals surface area contributed by atoms with E-state index in [4.69, 9.17) is 0 Å². The monoisotopic (exact) mass is 465 g/mol. The molecule has 0 aliphatic rings. The lowest BCUT2D eigenvalue weighted by atomic mass is 10.4. The molecule has 2 aromatic rings. The van der Waals surface area contributed by atoms with E-state index < -0.39 is 0 Å². The molecule has 0 atom stereocenters. The van der Waals surface area contributed by atoms with Gasteiger partial charge in [0, 0.05) is 35.5 Å². The van der Waals surface area contributed by atoms with Crippen LogP contribution in [0.3, 0.4) is 0 Å². The Labute approximate surface area is 163 Å². The van der Waals surface area contributed by atoms with Crippen molar-refractivity contribution in [2.45, 2.75) is 40.7 Å². The van der Waals surface area contributed by atoms with Gasteiger partial charge in [-0.15, -0.1) is 46.7 Å². The van der Waals surface area contributed by atoms with Crippen LogP contribution < -0.4 is 10.6 Å². The Morgan fingerprint density at radius 2 is 1.96 bits per heavy atom. The van der Waals surface area contributed by atoms with Gasteiger partial charge in [-0.1, -0.05) is 0 Å². The molecule has 0 radical (unpaired) electrons. The summed E-state index contributed by atoms with van der Waals surface area (Å²) in [6.07, 6.45) is 2.84. The third-order valence-corrected chi connectivity index (χ3v) is 5.12. The molecular weight excluding hydrogens is 441 g/mol. The van der Waals surface area contributed by atoms with Crippen LogP contribution in [0.15, 0.2) is 11.2 Å². The van der Waals surface area contributed by atoms with Crippen molar-refractivity contribution in [1.82, 2.24) is 20.6 Å². The van der Waals surface area contributed by atoms with Gasteiger partial charge in [0.25, 0.3) is 0 Å². The zero-order valence-corrected chi connectivity index (χ0v) is 17.9. The maximum absolute atomic E-state index is 4.60. The van der Waals surface area contributed by atoms with Crippen LogP contribution in [-0.2, 0) is 13.0 Å². The zero-order valence-electron chi connectivity index (χ0n) is 14.0. The maximum Gasteiger partial charge on any atom is 0.191 e. The highest BCUT2D eigenvalue weighted by molar-refractivity contribution is 14.0. The minimum Gasteiger partial charge on any atom is -0.357 e. The summed E-state index contributed by atoms with van der Waals surface area (Å²) >= 11 is 3.46. The molecule has 2 rings (SSSR count). The Morgan fingerprint density at radius 3 is 2.52 bits per heavy atom. The fraction of sp³-hybridized carbons (Fsp3) is 0.533.